The number of hydrogen-bond donors (Lipinski definition) is 1. The highest BCUT2D eigenvalue weighted by atomic mass is 19.4. The van der Waals surface area contributed by atoms with E-state index in [0.29, 0.717) is 10.7 Å². The van der Waals surface area contributed by atoms with Crippen LogP contribution in [0.5, 0.6) is 0 Å². The largest absolute Gasteiger partial charge is 0.467 e. The molecule has 1 aromatic carbocycles. The van der Waals surface area contributed by atoms with E-state index in [1.165, 1.54) is 16.9 Å². The number of aromatic nitrogens is 2. The van der Waals surface area contributed by atoms with E-state index in [1.807, 2.05) is 0 Å². The van der Waals surface area contributed by atoms with Crippen molar-refractivity contribution in [1.29, 1.82) is 0 Å². The van der Waals surface area contributed by atoms with Gasteiger partial charge in [-0.05, 0) is 30.3 Å². The first kappa shape index (κ1) is 22.7. The van der Waals surface area contributed by atoms with E-state index in [2.05, 4.69) is 10.3 Å². The first-order valence-electron chi connectivity index (χ1n) is 9.66. The minimum Gasteiger partial charge on any atom is -0.467 e. The van der Waals surface area contributed by atoms with Gasteiger partial charge in [-0.25, -0.2) is 4.98 Å². The Morgan fingerprint density at radius 2 is 1.94 bits per heavy atom. The first-order valence-corrected chi connectivity index (χ1v) is 9.66. The number of carbonyl (C=O) groups is 2. The van der Waals surface area contributed by atoms with Crippen LogP contribution in [0.4, 0.5) is 32.3 Å². The number of rotatable bonds is 5. The van der Waals surface area contributed by atoms with Crippen LogP contribution < -0.4 is 5.32 Å². The Morgan fingerprint density at radius 1 is 1.18 bits per heavy atom. The van der Waals surface area contributed by atoms with Crippen molar-refractivity contribution in [2.75, 3.05) is 18.4 Å². The lowest BCUT2D eigenvalue weighted by Crippen LogP contribution is -2.36. The van der Waals surface area contributed by atoms with Crippen molar-refractivity contribution in [3.8, 4) is 0 Å². The number of benzene rings is 1. The van der Waals surface area contributed by atoms with Gasteiger partial charge in [-0.15, -0.1) is 0 Å². The molecular formula is C20H16F6N4O3. The molecular weight excluding hydrogens is 458 g/mol. The molecule has 3 aromatic rings. The summed E-state index contributed by atoms with van der Waals surface area (Å²) in [5.41, 5.74) is -0.705. The summed E-state index contributed by atoms with van der Waals surface area (Å²) in [6, 6.07) is 6.13. The molecule has 1 aliphatic rings. The summed E-state index contributed by atoms with van der Waals surface area (Å²) >= 11 is 0. The molecule has 33 heavy (non-hydrogen) atoms. The highest BCUT2D eigenvalue weighted by molar-refractivity contribution is 5.97. The fraction of sp³-hybridized carbons (Fsp3) is 0.350. The van der Waals surface area contributed by atoms with Gasteiger partial charge in [0.2, 0.25) is 17.8 Å². The number of furan rings is 1. The monoisotopic (exact) mass is 474 g/mol. The average Bonchev–Trinajstić information content (AvgIpc) is 3.41. The Labute approximate surface area is 182 Å². The maximum Gasteiger partial charge on any atom is 0.416 e. The van der Waals surface area contributed by atoms with Gasteiger partial charge >= 0.3 is 12.4 Å². The number of anilines is 1. The number of likely N-dealkylation sites (tertiary alicyclic amines) is 1. The molecule has 7 nitrogen and oxygen atoms in total. The summed E-state index contributed by atoms with van der Waals surface area (Å²) in [5.74, 6) is -2.33. The summed E-state index contributed by atoms with van der Waals surface area (Å²) in [6.07, 6.45) is -8.23. The Morgan fingerprint density at radius 3 is 2.58 bits per heavy atom. The smallest absolute Gasteiger partial charge is 0.416 e. The third-order valence-electron chi connectivity index (χ3n) is 5.16. The summed E-state index contributed by atoms with van der Waals surface area (Å²) < 4.78 is 83.9. The van der Waals surface area contributed by atoms with Crippen LogP contribution in [-0.2, 0) is 22.3 Å². The van der Waals surface area contributed by atoms with E-state index >= 15 is 0 Å². The second kappa shape index (κ2) is 8.12. The lowest BCUT2D eigenvalue weighted by atomic mass is 10.1. The normalized spacial score (nSPS) is 17.2. The van der Waals surface area contributed by atoms with Crippen molar-refractivity contribution in [3.63, 3.8) is 0 Å². The molecule has 13 heteroatoms. The molecule has 1 fully saturated rings. The van der Waals surface area contributed by atoms with Crippen LogP contribution in [0.25, 0.3) is 11.0 Å². The predicted octanol–water partition coefficient (Wildman–Crippen LogP) is 4.05. The molecule has 0 radical (unpaired) electrons. The molecule has 0 aliphatic carbocycles. The zero-order chi connectivity index (χ0) is 24.0. The zero-order valence-corrected chi connectivity index (χ0v) is 16.7. The zero-order valence-electron chi connectivity index (χ0n) is 16.7. The second-order valence-corrected chi connectivity index (χ2v) is 7.58. The van der Waals surface area contributed by atoms with Gasteiger partial charge in [-0.1, -0.05) is 0 Å². The number of halogens is 6. The van der Waals surface area contributed by atoms with Crippen molar-refractivity contribution < 1.29 is 40.3 Å². The van der Waals surface area contributed by atoms with Gasteiger partial charge in [0, 0.05) is 13.0 Å². The number of amides is 2. The number of nitrogens with zero attached hydrogens (tertiary/aromatic N) is 3. The Bertz CT molecular complexity index is 1180. The molecule has 2 amide bonds. The molecule has 4 rings (SSSR count). The van der Waals surface area contributed by atoms with Crippen LogP contribution >= 0.6 is 0 Å². The second-order valence-electron chi connectivity index (χ2n) is 7.58. The third-order valence-corrected chi connectivity index (χ3v) is 5.16. The van der Waals surface area contributed by atoms with Crippen molar-refractivity contribution in [2.45, 2.75) is 25.3 Å². The molecule has 3 heterocycles. The molecule has 1 N–H and O–H groups in total. The molecule has 1 unspecified atom stereocenters. The third kappa shape index (κ3) is 4.96. The quantitative estimate of drug-likeness (QED) is 0.566. The number of imidazole rings is 1. The molecule has 176 valence electrons. The Balaban J connectivity index is 1.62. The highest BCUT2D eigenvalue weighted by Crippen LogP contribution is 2.33. The van der Waals surface area contributed by atoms with Crippen molar-refractivity contribution in [3.05, 3.63) is 47.9 Å². The highest BCUT2D eigenvalue weighted by Gasteiger charge is 2.41. The summed E-state index contributed by atoms with van der Waals surface area (Å²) in [7, 11) is 0. The van der Waals surface area contributed by atoms with Gasteiger partial charge in [-0.2, -0.15) is 26.3 Å². The van der Waals surface area contributed by atoms with Gasteiger partial charge in [0.1, 0.15) is 12.3 Å². The number of hydrogen-bond acceptors (Lipinski definition) is 4. The molecule has 1 saturated heterocycles. The van der Waals surface area contributed by atoms with E-state index in [9.17, 15) is 35.9 Å². The molecule has 2 aromatic heterocycles. The lowest BCUT2D eigenvalue weighted by Gasteiger charge is -2.18. The molecule has 0 bridgehead atoms. The van der Waals surface area contributed by atoms with Gasteiger partial charge < -0.3 is 13.9 Å². The van der Waals surface area contributed by atoms with Crippen molar-refractivity contribution >= 4 is 28.8 Å². The SMILES string of the molecule is O=C(Nc1nc2cc(C(F)(F)F)ccc2n1Cc1ccco1)C1CC(=O)N(CC(F)(F)F)C1. The Kier molecular flexibility index (Phi) is 5.58. The number of alkyl halides is 6. The van der Waals surface area contributed by atoms with Gasteiger partial charge in [0.15, 0.2) is 0 Å². The van der Waals surface area contributed by atoms with Crippen LogP contribution in [0.15, 0.2) is 41.0 Å². The molecule has 0 saturated carbocycles. The van der Waals surface area contributed by atoms with Gasteiger partial charge in [0.25, 0.3) is 0 Å². The number of nitrogens with one attached hydrogen (secondary N) is 1. The van der Waals surface area contributed by atoms with E-state index in [4.69, 9.17) is 4.42 Å². The Hall–Kier alpha value is -3.51. The van der Waals surface area contributed by atoms with Crippen LogP contribution in [0.2, 0.25) is 0 Å². The maximum absolute atomic E-state index is 13.1. The number of fused-ring (bicyclic) bond motifs is 1. The van der Waals surface area contributed by atoms with Crippen molar-refractivity contribution in [1.82, 2.24) is 14.5 Å². The van der Waals surface area contributed by atoms with Crippen LogP contribution in [0.3, 0.4) is 0 Å². The fourth-order valence-corrected chi connectivity index (χ4v) is 3.65. The number of carbonyl (C=O) groups excluding carboxylic acids is 2. The van der Waals surface area contributed by atoms with Crippen LogP contribution in [0, 0.1) is 5.92 Å². The van der Waals surface area contributed by atoms with Gasteiger partial charge in [0.05, 0.1) is 35.3 Å². The lowest BCUT2D eigenvalue weighted by molar-refractivity contribution is -0.157. The van der Waals surface area contributed by atoms with E-state index < -0.39 is 55.2 Å². The molecule has 0 spiro atoms. The fourth-order valence-electron chi connectivity index (χ4n) is 3.65. The predicted molar refractivity (Wildman–Crippen MR) is 102 cm³/mol. The maximum atomic E-state index is 13.1. The summed E-state index contributed by atoms with van der Waals surface area (Å²) in [6.45, 7) is -1.87. The standard InChI is InChI=1S/C20H16F6N4O3/c21-19(22,23)10-29-8-11(6-16(29)31)17(32)28-18-27-14-7-12(20(24,25)26)3-4-15(14)30(18)9-13-2-1-5-33-13/h1-5,7,11H,6,8-10H2,(H,27,28,32). The van der Waals surface area contributed by atoms with Crippen LogP contribution in [-0.4, -0.2) is 45.5 Å². The van der Waals surface area contributed by atoms with Crippen LogP contribution in [0.1, 0.15) is 17.7 Å². The van der Waals surface area contributed by atoms with E-state index in [1.54, 1.807) is 12.1 Å². The molecule has 1 aliphatic heterocycles. The van der Waals surface area contributed by atoms with Gasteiger partial charge in [-0.3, -0.25) is 14.9 Å². The average molecular weight is 474 g/mol. The minimum atomic E-state index is -4.60. The molecule has 1 atom stereocenters. The first-order chi connectivity index (χ1) is 15.4. The summed E-state index contributed by atoms with van der Waals surface area (Å²) in [4.78, 5) is 29.2. The topological polar surface area (TPSA) is 80.4 Å². The minimum absolute atomic E-state index is 0.0221. The van der Waals surface area contributed by atoms with Crippen molar-refractivity contribution in [2.24, 2.45) is 5.92 Å². The van der Waals surface area contributed by atoms with E-state index in [0.717, 1.165) is 12.1 Å². The summed E-state index contributed by atoms with van der Waals surface area (Å²) in [5, 5.41) is 2.45. The van der Waals surface area contributed by atoms with E-state index in [-0.39, 0.29) is 23.5 Å².